The molecule has 2 N–H and O–H groups in total. The molecule has 0 saturated carbocycles. The zero-order valence-electron chi connectivity index (χ0n) is 22.5. The average Bonchev–Trinajstić information content (AvgIpc) is 2.88. The summed E-state index contributed by atoms with van der Waals surface area (Å²) in [4.78, 5) is 1.10. The first-order chi connectivity index (χ1) is 18.8. The standard InChI is InChI=1S/C29H37F5O4S2/c1-27(21-8-10-22(35)11-9-21)20-39-26-19-23(36)12-13-24(26)25(27)7-4-2-3-5-15-38-16-18-40(37)17-6-14-28(30,31)29(32,33)34/h8-13,19,25,35-36H,2-7,14-18,20H2,1H3/t25-,27-,40?/m1/s1. The van der Waals surface area contributed by atoms with E-state index in [9.17, 15) is 36.4 Å². The van der Waals surface area contributed by atoms with Crippen molar-refractivity contribution in [3.63, 3.8) is 0 Å². The number of unbranched alkanes of at least 4 members (excludes halogenated alkanes) is 3. The third-order valence-corrected chi connectivity index (χ3v) is 10.2. The van der Waals surface area contributed by atoms with Gasteiger partial charge in [0.2, 0.25) is 0 Å². The number of rotatable bonds is 15. The van der Waals surface area contributed by atoms with Crippen molar-refractivity contribution in [2.75, 3.05) is 30.5 Å². The molecule has 11 heteroatoms. The molecule has 2 aromatic carbocycles. The number of thioether (sulfide) groups is 1. The Morgan fingerprint density at radius 1 is 0.925 bits per heavy atom. The fraction of sp³-hybridized carbons (Fsp3) is 0.586. The third kappa shape index (κ3) is 8.82. The molecule has 224 valence electrons. The van der Waals surface area contributed by atoms with Crippen LogP contribution >= 0.6 is 11.8 Å². The van der Waals surface area contributed by atoms with E-state index in [0.29, 0.717) is 6.61 Å². The number of hydrogen-bond donors (Lipinski definition) is 2. The molecule has 0 bridgehead atoms. The highest BCUT2D eigenvalue weighted by molar-refractivity contribution is 7.99. The largest absolute Gasteiger partial charge is 0.508 e. The highest BCUT2D eigenvalue weighted by Gasteiger charge is 2.56. The molecule has 1 heterocycles. The average molecular weight is 609 g/mol. The number of phenols is 2. The molecule has 3 rings (SSSR count). The monoisotopic (exact) mass is 608 g/mol. The predicted octanol–water partition coefficient (Wildman–Crippen LogP) is 7.94. The van der Waals surface area contributed by atoms with E-state index in [0.717, 1.165) is 42.8 Å². The Hall–Kier alpha value is -1.85. The first-order valence-corrected chi connectivity index (χ1v) is 15.9. The van der Waals surface area contributed by atoms with Crippen LogP contribution in [0.2, 0.25) is 0 Å². The molecule has 0 amide bonds. The zero-order valence-corrected chi connectivity index (χ0v) is 24.2. The Morgan fingerprint density at radius 3 is 2.30 bits per heavy atom. The number of alkyl halides is 5. The lowest BCUT2D eigenvalue weighted by atomic mass is 9.68. The second-order valence-corrected chi connectivity index (χ2v) is 13.2. The Labute approximate surface area is 239 Å². The number of halogens is 5. The lowest BCUT2D eigenvalue weighted by molar-refractivity contribution is -0.284. The second-order valence-electron chi connectivity index (χ2n) is 10.5. The molecule has 1 aliphatic heterocycles. The summed E-state index contributed by atoms with van der Waals surface area (Å²) in [6.07, 6.45) is -2.69. The fourth-order valence-electron chi connectivity index (χ4n) is 5.07. The van der Waals surface area contributed by atoms with Gasteiger partial charge in [0.25, 0.3) is 0 Å². The summed E-state index contributed by atoms with van der Waals surface area (Å²) < 4.78 is 79.7. The van der Waals surface area contributed by atoms with Crippen LogP contribution in [0.5, 0.6) is 11.5 Å². The van der Waals surface area contributed by atoms with Gasteiger partial charge in [-0.2, -0.15) is 22.0 Å². The van der Waals surface area contributed by atoms with E-state index in [4.69, 9.17) is 4.74 Å². The fourth-order valence-corrected chi connectivity index (χ4v) is 7.45. The maximum absolute atomic E-state index is 12.9. The van der Waals surface area contributed by atoms with E-state index in [-0.39, 0.29) is 40.9 Å². The molecule has 0 aromatic heterocycles. The van der Waals surface area contributed by atoms with Crippen molar-refractivity contribution in [2.24, 2.45) is 0 Å². The molecule has 2 aromatic rings. The van der Waals surface area contributed by atoms with Crippen molar-refractivity contribution >= 4 is 22.6 Å². The third-order valence-electron chi connectivity index (χ3n) is 7.46. The van der Waals surface area contributed by atoms with Gasteiger partial charge >= 0.3 is 12.1 Å². The minimum Gasteiger partial charge on any atom is -0.508 e. The summed E-state index contributed by atoms with van der Waals surface area (Å²) in [6, 6.07) is 13.0. The highest BCUT2D eigenvalue weighted by atomic mass is 32.2. The van der Waals surface area contributed by atoms with Crippen molar-refractivity contribution in [1.29, 1.82) is 0 Å². The first-order valence-electron chi connectivity index (χ1n) is 13.5. The van der Waals surface area contributed by atoms with Crippen molar-refractivity contribution < 1.29 is 41.1 Å². The highest BCUT2D eigenvalue weighted by Crippen LogP contribution is 2.52. The number of hydrogen-bond acceptors (Lipinski definition) is 5. The van der Waals surface area contributed by atoms with Crippen LogP contribution in [-0.2, 0) is 21.0 Å². The van der Waals surface area contributed by atoms with Crippen LogP contribution in [0, 0.1) is 0 Å². The maximum Gasteiger partial charge on any atom is 0.453 e. The smallest absolute Gasteiger partial charge is 0.453 e. The Bertz CT molecular complexity index is 1110. The topological polar surface area (TPSA) is 66.8 Å². The molecule has 0 aliphatic carbocycles. The predicted molar refractivity (Wildman–Crippen MR) is 149 cm³/mol. The molecule has 0 spiro atoms. The number of fused-ring (bicyclic) bond motifs is 1. The number of ether oxygens (including phenoxy) is 1. The van der Waals surface area contributed by atoms with E-state index in [1.807, 2.05) is 24.3 Å². The van der Waals surface area contributed by atoms with Crippen molar-refractivity contribution in [3.05, 3.63) is 53.6 Å². The molecule has 0 radical (unpaired) electrons. The normalized spacial score (nSPS) is 20.3. The zero-order chi connectivity index (χ0) is 29.4. The van der Waals surface area contributed by atoms with E-state index in [2.05, 4.69) is 6.92 Å². The van der Waals surface area contributed by atoms with E-state index in [1.54, 1.807) is 30.0 Å². The lowest BCUT2D eigenvalue weighted by Crippen LogP contribution is -2.36. The summed E-state index contributed by atoms with van der Waals surface area (Å²) in [6.45, 7) is 2.90. The van der Waals surface area contributed by atoms with E-state index < -0.39 is 35.7 Å². The van der Waals surface area contributed by atoms with Gasteiger partial charge < -0.3 is 14.9 Å². The van der Waals surface area contributed by atoms with Gasteiger partial charge in [0.05, 0.1) is 6.61 Å². The van der Waals surface area contributed by atoms with Gasteiger partial charge in [-0.15, -0.1) is 11.8 Å². The van der Waals surface area contributed by atoms with Crippen LogP contribution < -0.4 is 0 Å². The lowest BCUT2D eigenvalue weighted by Gasteiger charge is -2.43. The molecule has 40 heavy (non-hydrogen) atoms. The van der Waals surface area contributed by atoms with Gasteiger partial charge in [0, 0.05) is 51.4 Å². The first kappa shape index (κ1) is 32.7. The minimum atomic E-state index is -5.58. The van der Waals surface area contributed by atoms with Crippen LogP contribution in [0.1, 0.15) is 68.9 Å². The molecule has 3 atom stereocenters. The van der Waals surface area contributed by atoms with Crippen LogP contribution in [0.25, 0.3) is 0 Å². The second kappa shape index (κ2) is 14.4. The summed E-state index contributed by atoms with van der Waals surface area (Å²) in [5, 5.41) is 19.7. The van der Waals surface area contributed by atoms with Gasteiger partial charge in [0.15, 0.2) is 0 Å². The maximum atomic E-state index is 12.9. The van der Waals surface area contributed by atoms with Crippen LogP contribution in [-0.4, -0.2) is 57.0 Å². The summed E-state index contributed by atoms with van der Waals surface area (Å²) in [5.74, 6) is -3.25. The summed E-state index contributed by atoms with van der Waals surface area (Å²) in [5.41, 5.74) is 2.26. The molecule has 4 nitrogen and oxygen atoms in total. The Kier molecular flexibility index (Phi) is 11.7. The molecule has 1 aliphatic rings. The Morgan fingerprint density at radius 2 is 1.60 bits per heavy atom. The number of phenolic OH excluding ortho intramolecular Hbond substituents is 2. The quantitative estimate of drug-likeness (QED) is 0.159. The van der Waals surface area contributed by atoms with E-state index in [1.165, 1.54) is 11.1 Å². The van der Waals surface area contributed by atoms with Crippen LogP contribution in [0.15, 0.2) is 47.4 Å². The number of benzene rings is 2. The van der Waals surface area contributed by atoms with Gasteiger partial charge in [0.1, 0.15) is 11.5 Å². The summed E-state index contributed by atoms with van der Waals surface area (Å²) in [7, 11) is -1.50. The van der Waals surface area contributed by atoms with Crippen LogP contribution in [0.4, 0.5) is 22.0 Å². The molecular formula is C29H37F5O4S2. The van der Waals surface area contributed by atoms with Crippen molar-refractivity contribution in [1.82, 2.24) is 0 Å². The van der Waals surface area contributed by atoms with Crippen molar-refractivity contribution in [2.45, 2.75) is 80.2 Å². The molecule has 0 fully saturated rings. The molecule has 1 unspecified atom stereocenters. The van der Waals surface area contributed by atoms with Crippen LogP contribution in [0.3, 0.4) is 0 Å². The van der Waals surface area contributed by atoms with Gasteiger partial charge in [-0.1, -0.05) is 44.4 Å². The van der Waals surface area contributed by atoms with Gasteiger partial charge in [-0.05, 0) is 60.6 Å². The molecule has 0 saturated heterocycles. The Balaban J connectivity index is 1.38. The van der Waals surface area contributed by atoms with Gasteiger partial charge in [-0.3, -0.25) is 4.21 Å². The van der Waals surface area contributed by atoms with Crippen molar-refractivity contribution in [3.8, 4) is 11.5 Å². The molecular weight excluding hydrogens is 571 g/mol. The minimum absolute atomic E-state index is 0.113. The van der Waals surface area contributed by atoms with E-state index >= 15 is 0 Å². The van der Waals surface area contributed by atoms with Gasteiger partial charge in [-0.25, -0.2) is 0 Å². The SMILES string of the molecule is C[C@]1(c2ccc(O)cc2)CSc2cc(O)ccc2[C@H]1CCCCCCOCCS(=O)CCCC(F)(F)C(F)(F)F. The number of aromatic hydroxyl groups is 2. The summed E-state index contributed by atoms with van der Waals surface area (Å²) >= 11 is 1.74.